The SMILES string of the molecule is CC(=O)N[C@@H]1C(O)[C@H](O[C@@H]2O[C@H](CO)[C@@H](O)C(O)[C@@H]2NC(C)=O)[C@@H](CO)O[C@H]1O[C@H]1C(O)[C@H](NC(C)=O)[C@H](O[C@H]2C(O)[C@@H](NC(C)=O)[C@H](O)O[C@@H]2COS(=O)(=O)O)O[C@@H]1CO. The minimum Gasteiger partial charge on any atom is -0.394 e. The highest BCUT2D eigenvalue weighted by Gasteiger charge is 2.56. The van der Waals surface area contributed by atoms with Gasteiger partial charge in [0.25, 0.3) is 0 Å². The fraction of sp³-hybridized carbons (Fsp3) is 0.875. The molecular weight excluding hydrogens is 856 g/mol. The maximum Gasteiger partial charge on any atom is 0.397 e. The van der Waals surface area contributed by atoms with Crippen LogP contribution in [0, 0.1) is 0 Å². The van der Waals surface area contributed by atoms with Crippen molar-refractivity contribution >= 4 is 34.0 Å². The van der Waals surface area contributed by atoms with Gasteiger partial charge in [-0.05, 0) is 0 Å². The van der Waals surface area contributed by atoms with E-state index in [1.54, 1.807) is 0 Å². The van der Waals surface area contributed by atoms with E-state index in [-0.39, 0.29) is 0 Å². The molecular formula is C32H54N4O24S. The smallest absolute Gasteiger partial charge is 0.394 e. The summed E-state index contributed by atoms with van der Waals surface area (Å²) in [5.41, 5.74) is 0. The van der Waals surface area contributed by atoms with Crippen LogP contribution in [0.1, 0.15) is 27.7 Å². The first-order valence-corrected chi connectivity index (χ1v) is 20.1. The molecule has 0 aliphatic carbocycles. The zero-order valence-corrected chi connectivity index (χ0v) is 33.8. The summed E-state index contributed by atoms with van der Waals surface area (Å²) in [4.78, 5) is 48.7. The number of ether oxygens (including phenoxy) is 7. The van der Waals surface area contributed by atoms with Gasteiger partial charge in [0.05, 0.1) is 26.4 Å². The van der Waals surface area contributed by atoms with Gasteiger partial charge in [-0.3, -0.25) is 23.7 Å². The summed E-state index contributed by atoms with van der Waals surface area (Å²) in [5.74, 6) is -3.10. The van der Waals surface area contributed by atoms with E-state index >= 15 is 0 Å². The van der Waals surface area contributed by atoms with Gasteiger partial charge in [-0.25, -0.2) is 4.18 Å². The lowest BCUT2D eigenvalue weighted by atomic mass is 9.93. The summed E-state index contributed by atoms with van der Waals surface area (Å²) < 4.78 is 76.7. The summed E-state index contributed by atoms with van der Waals surface area (Å²) in [5, 5.41) is 106. The fourth-order valence-corrected chi connectivity index (χ4v) is 7.62. The molecule has 0 aromatic rings. The molecule has 0 spiro atoms. The number of carbonyl (C=O) groups is 4. The largest absolute Gasteiger partial charge is 0.397 e. The molecule has 4 aliphatic heterocycles. The zero-order chi connectivity index (χ0) is 45.7. The van der Waals surface area contributed by atoms with E-state index in [4.69, 9.17) is 37.7 Å². The van der Waals surface area contributed by atoms with Gasteiger partial charge in [0, 0.05) is 27.7 Å². The highest BCUT2D eigenvalue weighted by molar-refractivity contribution is 7.80. The Balaban J connectivity index is 1.63. The van der Waals surface area contributed by atoms with Crippen molar-refractivity contribution in [1.29, 1.82) is 0 Å². The molecule has 29 heteroatoms. The van der Waals surface area contributed by atoms with Crippen LogP contribution in [0.4, 0.5) is 0 Å². The van der Waals surface area contributed by atoms with Gasteiger partial charge in [-0.15, -0.1) is 0 Å². The monoisotopic (exact) mass is 910 g/mol. The number of amides is 4. The molecule has 0 bridgehead atoms. The quantitative estimate of drug-likeness (QED) is 0.0639. The molecule has 0 aromatic heterocycles. The molecule has 4 aliphatic rings. The number of aliphatic hydroxyl groups is 9. The summed E-state index contributed by atoms with van der Waals surface area (Å²) in [6, 6.07) is -6.56. The van der Waals surface area contributed by atoms with E-state index < -0.39 is 183 Å². The van der Waals surface area contributed by atoms with E-state index in [9.17, 15) is 73.6 Å². The first-order valence-electron chi connectivity index (χ1n) is 18.7. The maximum absolute atomic E-state index is 12.4. The number of hydrogen-bond acceptors (Lipinski definition) is 23. The van der Waals surface area contributed by atoms with Crippen molar-refractivity contribution < 1.29 is 115 Å². The summed E-state index contributed by atoms with van der Waals surface area (Å²) in [6.07, 6.45) is -28.8. The minimum absolute atomic E-state index is 0.709. The fourth-order valence-electron chi connectivity index (χ4n) is 7.31. The number of nitrogens with one attached hydrogen (secondary N) is 4. The van der Waals surface area contributed by atoms with Gasteiger partial charge < -0.3 is 100 Å². The standard InChI is InChI=1S/C32H54N4O24S/c1-9(40)33-17-23(46)28(16(54-29(17)49)8-53-61(50,51)52)60-32-20(36-12(4)43)25(48)27(15(7-39)57-32)59-31-19(35-11(3)42)24(47)26(14(6-38)56-31)58-30-18(34-10(2)41)22(45)21(44)13(5-37)55-30/h13-32,37-39,44-49H,5-8H2,1-4H3,(H,33,40)(H,34,41)(H,35,42)(H,36,43)(H,50,51,52)/t13-,14-,15-,16-,17-,18+,19-,20+,21-,22?,23?,24?,25?,26-,27-,28-,29-,30+,31+,32+/m1/s1. The van der Waals surface area contributed by atoms with Crippen LogP contribution in [0.25, 0.3) is 0 Å². The average Bonchev–Trinajstić information content (AvgIpc) is 3.16. The maximum atomic E-state index is 12.4. The van der Waals surface area contributed by atoms with Crippen molar-refractivity contribution in [2.24, 2.45) is 0 Å². The van der Waals surface area contributed by atoms with Gasteiger partial charge in [-0.2, -0.15) is 8.42 Å². The molecule has 4 saturated heterocycles. The third-order valence-corrected chi connectivity index (χ3v) is 10.4. The number of hydrogen-bond donors (Lipinski definition) is 14. The molecule has 28 nitrogen and oxygen atoms in total. The third kappa shape index (κ3) is 12.6. The zero-order valence-electron chi connectivity index (χ0n) is 33.0. The summed E-state index contributed by atoms with van der Waals surface area (Å²) in [7, 11) is -5.14. The first kappa shape index (κ1) is 50.8. The van der Waals surface area contributed by atoms with E-state index in [2.05, 4.69) is 25.5 Å². The Labute approximate surface area is 347 Å². The number of carbonyl (C=O) groups excluding carboxylic acids is 4. The predicted molar refractivity (Wildman–Crippen MR) is 191 cm³/mol. The van der Waals surface area contributed by atoms with Crippen LogP contribution < -0.4 is 21.3 Å². The highest BCUT2D eigenvalue weighted by Crippen LogP contribution is 2.34. The Kier molecular flexibility index (Phi) is 18.0. The molecule has 4 rings (SSSR count). The van der Waals surface area contributed by atoms with Crippen molar-refractivity contribution in [2.75, 3.05) is 26.4 Å². The van der Waals surface area contributed by atoms with Gasteiger partial charge in [-0.1, -0.05) is 0 Å². The van der Waals surface area contributed by atoms with Crippen molar-refractivity contribution in [3.05, 3.63) is 0 Å². The molecule has 4 heterocycles. The number of aliphatic hydroxyl groups excluding tert-OH is 9. The summed E-state index contributed by atoms with van der Waals surface area (Å²) >= 11 is 0. The first-order chi connectivity index (χ1) is 28.5. The van der Waals surface area contributed by atoms with Crippen LogP contribution >= 0.6 is 0 Å². The third-order valence-electron chi connectivity index (χ3n) is 10.0. The Hall–Kier alpha value is -2.89. The topological polar surface area (TPSA) is 427 Å². The molecule has 20 atom stereocenters. The lowest BCUT2D eigenvalue weighted by molar-refractivity contribution is -0.361. The van der Waals surface area contributed by atoms with Crippen LogP contribution in [0.2, 0.25) is 0 Å². The Morgan fingerprint density at radius 1 is 0.492 bits per heavy atom. The second kappa shape index (κ2) is 21.7. The molecule has 4 fully saturated rings. The molecule has 4 amide bonds. The van der Waals surface area contributed by atoms with Crippen LogP contribution in [0.15, 0.2) is 0 Å². The molecule has 14 N–H and O–H groups in total. The van der Waals surface area contributed by atoms with E-state index in [1.165, 1.54) is 0 Å². The van der Waals surface area contributed by atoms with Crippen LogP contribution in [0.5, 0.6) is 0 Å². The second-order valence-electron chi connectivity index (χ2n) is 14.6. The Morgan fingerprint density at radius 2 is 0.820 bits per heavy atom. The number of rotatable bonds is 16. The van der Waals surface area contributed by atoms with Crippen LogP contribution in [0.3, 0.4) is 0 Å². The molecule has 4 unspecified atom stereocenters. The summed E-state index contributed by atoms with van der Waals surface area (Å²) in [6.45, 7) is 0.251. The van der Waals surface area contributed by atoms with Crippen molar-refractivity contribution in [3.63, 3.8) is 0 Å². The lowest BCUT2D eigenvalue weighted by Crippen LogP contribution is -2.71. The minimum atomic E-state index is -5.14. The van der Waals surface area contributed by atoms with E-state index in [0.717, 1.165) is 27.7 Å². The molecule has 0 radical (unpaired) electrons. The highest BCUT2D eigenvalue weighted by atomic mass is 32.3. The normalized spacial score (nSPS) is 41.9. The van der Waals surface area contributed by atoms with Crippen molar-refractivity contribution in [1.82, 2.24) is 21.3 Å². The van der Waals surface area contributed by atoms with Gasteiger partial charge in [0.15, 0.2) is 25.2 Å². The lowest BCUT2D eigenvalue weighted by Gasteiger charge is -2.51. The van der Waals surface area contributed by atoms with Gasteiger partial charge in [0.1, 0.15) is 97.4 Å². The van der Waals surface area contributed by atoms with E-state index in [0.29, 0.717) is 0 Å². The molecule has 0 saturated carbocycles. The molecule has 352 valence electrons. The molecule has 0 aromatic carbocycles. The van der Waals surface area contributed by atoms with Crippen LogP contribution in [-0.4, -0.2) is 232 Å². The predicted octanol–water partition coefficient (Wildman–Crippen LogP) is -9.35. The molecule has 61 heavy (non-hydrogen) atoms. The second-order valence-corrected chi connectivity index (χ2v) is 15.7. The average molecular weight is 911 g/mol. The van der Waals surface area contributed by atoms with Crippen LogP contribution in [-0.2, 0) is 66.9 Å². The van der Waals surface area contributed by atoms with Gasteiger partial charge in [0.2, 0.25) is 23.6 Å². The Bertz CT molecular complexity index is 1620. The van der Waals surface area contributed by atoms with Gasteiger partial charge >= 0.3 is 10.4 Å². The van der Waals surface area contributed by atoms with Crippen molar-refractivity contribution in [2.45, 2.75) is 150 Å². The Morgan fingerprint density at radius 3 is 1.18 bits per heavy atom. The van der Waals surface area contributed by atoms with Crippen molar-refractivity contribution in [3.8, 4) is 0 Å². The van der Waals surface area contributed by atoms with E-state index in [1.807, 2.05) is 0 Å².